The van der Waals surface area contributed by atoms with E-state index >= 15 is 0 Å². The topological polar surface area (TPSA) is 110 Å². The van der Waals surface area contributed by atoms with Gasteiger partial charge < -0.3 is 25.7 Å². The summed E-state index contributed by atoms with van der Waals surface area (Å²) in [6.45, 7) is 4.07. The van der Waals surface area contributed by atoms with Crippen molar-refractivity contribution >= 4 is 5.91 Å². The Morgan fingerprint density at radius 3 is 1.07 bits per heavy atom. The fourth-order valence-electron chi connectivity index (χ4n) is 8.25. The predicted octanol–water partition coefficient (Wildman–Crippen LogP) is 14.7. The minimum absolute atomic E-state index is 0.364. The first-order valence-corrected chi connectivity index (χ1v) is 26.2. The molecule has 6 nitrogen and oxygen atoms in total. The van der Waals surface area contributed by atoms with Gasteiger partial charge in [0.15, 0.2) is 0 Å². The Bertz CT molecular complexity index is 893. The molecule has 59 heavy (non-hydrogen) atoms. The summed E-state index contributed by atoms with van der Waals surface area (Å²) < 4.78 is 0. The van der Waals surface area contributed by atoms with Crippen molar-refractivity contribution in [1.29, 1.82) is 0 Å². The molecule has 4 atom stereocenters. The van der Waals surface area contributed by atoms with E-state index in [-0.39, 0.29) is 0 Å². The maximum absolute atomic E-state index is 12.6. The molecule has 0 aliphatic carbocycles. The summed E-state index contributed by atoms with van der Waals surface area (Å²) >= 11 is 0. The third-order valence-electron chi connectivity index (χ3n) is 12.4. The van der Waals surface area contributed by atoms with Gasteiger partial charge >= 0.3 is 0 Å². The maximum Gasteiger partial charge on any atom is 0.249 e. The van der Waals surface area contributed by atoms with Crippen molar-refractivity contribution < 1.29 is 25.2 Å². The van der Waals surface area contributed by atoms with E-state index in [1.807, 2.05) is 0 Å². The molecule has 0 rings (SSSR count). The number of unbranched alkanes of at least 4 members (excludes halogenated alkanes) is 35. The Morgan fingerprint density at radius 1 is 0.407 bits per heavy atom. The summed E-state index contributed by atoms with van der Waals surface area (Å²) in [6.07, 6.45) is 56.6. The Labute approximate surface area is 367 Å². The molecule has 0 saturated heterocycles. The Hall–Kier alpha value is -1.21. The molecule has 0 aromatic rings. The van der Waals surface area contributed by atoms with Crippen LogP contribution in [-0.2, 0) is 4.79 Å². The van der Waals surface area contributed by atoms with Crippen LogP contribution >= 0.6 is 0 Å². The van der Waals surface area contributed by atoms with Gasteiger partial charge in [-0.15, -0.1) is 0 Å². The van der Waals surface area contributed by atoms with Gasteiger partial charge in [0.2, 0.25) is 5.91 Å². The number of aliphatic hydroxyl groups excluding tert-OH is 4. The second-order valence-electron chi connectivity index (χ2n) is 18.2. The molecular weight excluding hydrogens is 731 g/mol. The molecule has 6 heteroatoms. The number of hydrogen-bond acceptors (Lipinski definition) is 5. The molecule has 0 aromatic heterocycles. The number of hydrogen-bond donors (Lipinski definition) is 5. The molecule has 0 spiro atoms. The largest absolute Gasteiger partial charge is 0.394 e. The van der Waals surface area contributed by atoms with Crippen LogP contribution in [0.4, 0.5) is 0 Å². The number of aliphatic hydroxyl groups is 4. The van der Waals surface area contributed by atoms with Crippen molar-refractivity contribution in [3.63, 3.8) is 0 Å². The first-order valence-electron chi connectivity index (χ1n) is 26.2. The van der Waals surface area contributed by atoms with Gasteiger partial charge in [-0.05, 0) is 51.4 Å². The molecular formula is C53H103NO5. The molecule has 0 heterocycles. The van der Waals surface area contributed by atoms with E-state index < -0.39 is 36.9 Å². The van der Waals surface area contributed by atoms with Gasteiger partial charge in [-0.25, -0.2) is 0 Å². The van der Waals surface area contributed by atoms with Crippen molar-refractivity contribution in [3.8, 4) is 0 Å². The highest BCUT2D eigenvalue weighted by atomic mass is 16.3. The SMILES string of the molecule is CCCCCCCCCCCCCCC/C=C/CC/C=C/CCCC(O)C(O)C(CO)NC(=O)C(O)CCCCCCCCCCCCCCCCCCCCCCC. The fraction of sp³-hybridized carbons (Fsp3) is 0.906. The molecule has 0 aliphatic rings. The molecule has 4 unspecified atom stereocenters. The lowest BCUT2D eigenvalue weighted by molar-refractivity contribution is -0.132. The van der Waals surface area contributed by atoms with Crippen LogP contribution in [0.3, 0.4) is 0 Å². The van der Waals surface area contributed by atoms with Crippen LogP contribution in [-0.4, -0.2) is 57.3 Å². The third-order valence-corrected chi connectivity index (χ3v) is 12.4. The van der Waals surface area contributed by atoms with Crippen LogP contribution in [0.5, 0.6) is 0 Å². The van der Waals surface area contributed by atoms with Crippen molar-refractivity contribution in [3.05, 3.63) is 24.3 Å². The summed E-state index contributed by atoms with van der Waals surface area (Å²) in [5.41, 5.74) is 0. The second-order valence-corrected chi connectivity index (χ2v) is 18.2. The molecule has 350 valence electrons. The third kappa shape index (κ3) is 41.9. The highest BCUT2D eigenvalue weighted by molar-refractivity contribution is 5.80. The van der Waals surface area contributed by atoms with Crippen molar-refractivity contribution in [1.82, 2.24) is 5.32 Å². The van der Waals surface area contributed by atoms with Gasteiger partial charge in [0, 0.05) is 0 Å². The quantitative estimate of drug-likeness (QED) is 0.0310. The zero-order valence-corrected chi connectivity index (χ0v) is 39.5. The predicted molar refractivity (Wildman–Crippen MR) is 256 cm³/mol. The van der Waals surface area contributed by atoms with Gasteiger partial charge in [-0.2, -0.15) is 0 Å². The monoisotopic (exact) mass is 834 g/mol. The van der Waals surface area contributed by atoms with Gasteiger partial charge in [-0.3, -0.25) is 4.79 Å². The highest BCUT2D eigenvalue weighted by Crippen LogP contribution is 2.17. The Kier molecular flexibility index (Phi) is 46.9. The second kappa shape index (κ2) is 47.8. The van der Waals surface area contributed by atoms with Crippen molar-refractivity contribution in [2.45, 2.75) is 301 Å². The van der Waals surface area contributed by atoms with Gasteiger partial charge in [0.05, 0.1) is 18.8 Å². The van der Waals surface area contributed by atoms with Gasteiger partial charge in [0.25, 0.3) is 0 Å². The first kappa shape index (κ1) is 57.8. The standard InChI is InChI=1S/C53H103NO5/c1-3-5-7-9-11-13-15-17-19-21-23-25-27-28-30-32-34-36-38-40-42-44-46-50(56)52(58)49(48-55)54-53(59)51(57)47-45-43-41-39-37-35-33-31-29-26-24-22-20-18-16-14-12-10-8-6-4-2/h30,32,38,40,49-52,55-58H,3-29,31,33-37,39,41-48H2,1-2H3,(H,54,59)/b32-30+,40-38+. The molecule has 0 fully saturated rings. The van der Waals surface area contributed by atoms with E-state index in [9.17, 15) is 25.2 Å². The van der Waals surface area contributed by atoms with E-state index in [4.69, 9.17) is 0 Å². The fourth-order valence-corrected chi connectivity index (χ4v) is 8.25. The number of amides is 1. The Morgan fingerprint density at radius 2 is 0.712 bits per heavy atom. The zero-order valence-electron chi connectivity index (χ0n) is 39.5. The lowest BCUT2D eigenvalue weighted by Crippen LogP contribution is -2.53. The van der Waals surface area contributed by atoms with Crippen LogP contribution in [0.25, 0.3) is 0 Å². The minimum atomic E-state index is -1.29. The summed E-state index contributed by atoms with van der Waals surface area (Å²) in [7, 11) is 0. The summed E-state index contributed by atoms with van der Waals surface area (Å²) in [6, 6.07) is -1.01. The lowest BCUT2D eigenvalue weighted by Gasteiger charge is -2.27. The number of allylic oxidation sites excluding steroid dienone is 4. The van der Waals surface area contributed by atoms with Crippen LogP contribution < -0.4 is 5.32 Å². The van der Waals surface area contributed by atoms with Crippen molar-refractivity contribution in [2.75, 3.05) is 6.61 Å². The normalized spacial score (nSPS) is 14.1. The number of rotatable bonds is 48. The average molecular weight is 834 g/mol. The van der Waals surface area contributed by atoms with Crippen molar-refractivity contribution in [2.24, 2.45) is 0 Å². The molecule has 0 saturated carbocycles. The van der Waals surface area contributed by atoms with E-state index in [2.05, 4.69) is 43.5 Å². The number of carbonyl (C=O) groups excluding carboxylic acids is 1. The van der Waals surface area contributed by atoms with E-state index in [0.29, 0.717) is 19.3 Å². The summed E-state index contributed by atoms with van der Waals surface area (Å²) in [5.74, 6) is -0.593. The van der Waals surface area contributed by atoms with Crippen LogP contribution in [0.15, 0.2) is 24.3 Å². The first-order chi connectivity index (χ1) is 29.0. The molecule has 0 radical (unpaired) electrons. The highest BCUT2D eigenvalue weighted by Gasteiger charge is 2.28. The Balaban J connectivity index is 3.70. The van der Waals surface area contributed by atoms with Crippen LogP contribution in [0.1, 0.15) is 277 Å². The smallest absolute Gasteiger partial charge is 0.249 e. The molecule has 0 aromatic carbocycles. The molecule has 0 bridgehead atoms. The molecule has 1 amide bonds. The van der Waals surface area contributed by atoms with Gasteiger partial charge in [0.1, 0.15) is 12.2 Å². The summed E-state index contributed by atoms with van der Waals surface area (Å²) in [5, 5.41) is 43.9. The number of carbonyl (C=O) groups is 1. The summed E-state index contributed by atoms with van der Waals surface area (Å²) in [4.78, 5) is 12.6. The van der Waals surface area contributed by atoms with Crippen LogP contribution in [0, 0.1) is 0 Å². The maximum atomic E-state index is 12.6. The lowest BCUT2D eigenvalue weighted by atomic mass is 10.00. The van der Waals surface area contributed by atoms with E-state index in [1.54, 1.807) is 0 Å². The van der Waals surface area contributed by atoms with E-state index in [1.165, 1.54) is 205 Å². The average Bonchev–Trinajstić information content (AvgIpc) is 3.24. The van der Waals surface area contributed by atoms with Crippen LogP contribution in [0.2, 0.25) is 0 Å². The molecule has 5 N–H and O–H groups in total. The minimum Gasteiger partial charge on any atom is -0.394 e. The van der Waals surface area contributed by atoms with E-state index in [0.717, 1.165) is 38.5 Å². The van der Waals surface area contributed by atoms with Gasteiger partial charge in [-0.1, -0.05) is 250 Å². The zero-order chi connectivity index (χ0) is 43.1. The number of nitrogens with one attached hydrogen (secondary N) is 1. The molecule has 0 aliphatic heterocycles.